The predicted octanol–water partition coefficient (Wildman–Crippen LogP) is 1.21. The number of benzene rings is 1. The van der Waals surface area contributed by atoms with E-state index in [1.165, 1.54) is 0 Å². The molecule has 4 heteroatoms. The van der Waals surface area contributed by atoms with Gasteiger partial charge in [-0.3, -0.25) is 0 Å². The summed E-state index contributed by atoms with van der Waals surface area (Å²) in [5.74, 6) is 0. The lowest BCUT2D eigenvalue weighted by Gasteiger charge is -2.45. The zero-order valence-corrected chi connectivity index (χ0v) is 11.0. The molecular weight excluding hydrogens is 240 g/mol. The van der Waals surface area contributed by atoms with Crippen molar-refractivity contribution in [3.05, 3.63) is 34.9 Å². The minimum atomic E-state index is -0.846. The van der Waals surface area contributed by atoms with E-state index in [0.717, 1.165) is 11.1 Å². The molecule has 3 rings (SSSR count). The molecule has 0 spiro atoms. The molecule has 0 saturated carbocycles. The summed E-state index contributed by atoms with van der Waals surface area (Å²) in [6.45, 7) is 3.29. The van der Waals surface area contributed by atoms with Gasteiger partial charge >= 0.3 is 0 Å². The Morgan fingerprint density at radius 2 is 2.05 bits per heavy atom. The SMILES string of the molecule is Cc1ccc(C#N)cc1C1(O)CC2COCC(C1)N2. The molecule has 2 saturated heterocycles. The maximum absolute atomic E-state index is 11.0. The fourth-order valence-corrected chi connectivity index (χ4v) is 3.33. The molecule has 2 heterocycles. The molecule has 1 aromatic carbocycles. The highest BCUT2D eigenvalue weighted by atomic mass is 16.5. The van der Waals surface area contributed by atoms with E-state index in [1.54, 1.807) is 6.07 Å². The lowest BCUT2D eigenvalue weighted by molar-refractivity contribution is -0.0805. The number of piperidine rings is 1. The van der Waals surface area contributed by atoms with Crippen LogP contribution in [0.2, 0.25) is 0 Å². The molecular formula is C15H18N2O2. The van der Waals surface area contributed by atoms with Crippen molar-refractivity contribution in [3.63, 3.8) is 0 Å². The van der Waals surface area contributed by atoms with E-state index < -0.39 is 5.60 Å². The number of rotatable bonds is 1. The first-order valence-corrected chi connectivity index (χ1v) is 6.68. The average molecular weight is 258 g/mol. The second-order valence-electron chi connectivity index (χ2n) is 5.68. The smallest absolute Gasteiger partial charge is 0.0991 e. The van der Waals surface area contributed by atoms with Gasteiger partial charge in [-0.25, -0.2) is 0 Å². The molecule has 2 bridgehead atoms. The highest BCUT2D eigenvalue weighted by molar-refractivity contribution is 5.41. The van der Waals surface area contributed by atoms with Gasteiger partial charge in [0.15, 0.2) is 0 Å². The van der Waals surface area contributed by atoms with Crippen LogP contribution in [-0.2, 0) is 10.3 Å². The Kier molecular flexibility index (Phi) is 3.06. The van der Waals surface area contributed by atoms with Gasteiger partial charge in [0.25, 0.3) is 0 Å². The van der Waals surface area contributed by atoms with E-state index in [-0.39, 0.29) is 12.1 Å². The van der Waals surface area contributed by atoms with E-state index in [0.29, 0.717) is 31.6 Å². The zero-order chi connectivity index (χ0) is 13.5. The Labute approximate surface area is 113 Å². The van der Waals surface area contributed by atoms with Crippen LogP contribution in [0, 0.1) is 18.3 Å². The summed E-state index contributed by atoms with van der Waals surface area (Å²) in [4.78, 5) is 0. The Bertz CT molecular complexity index is 523. The summed E-state index contributed by atoms with van der Waals surface area (Å²) in [6, 6.07) is 8.09. The van der Waals surface area contributed by atoms with Crippen LogP contribution in [0.15, 0.2) is 18.2 Å². The van der Waals surface area contributed by atoms with Gasteiger partial charge in [0.05, 0.1) is 30.4 Å². The second-order valence-corrected chi connectivity index (χ2v) is 5.68. The zero-order valence-electron chi connectivity index (χ0n) is 11.0. The number of nitrogens with one attached hydrogen (secondary N) is 1. The number of nitrogens with zero attached hydrogens (tertiary/aromatic N) is 1. The van der Waals surface area contributed by atoms with Crippen molar-refractivity contribution >= 4 is 0 Å². The number of ether oxygens (including phenoxy) is 1. The van der Waals surface area contributed by atoms with Gasteiger partial charge in [0.2, 0.25) is 0 Å². The van der Waals surface area contributed by atoms with Crippen molar-refractivity contribution in [2.24, 2.45) is 0 Å². The molecule has 4 nitrogen and oxygen atoms in total. The Morgan fingerprint density at radius 1 is 1.37 bits per heavy atom. The van der Waals surface area contributed by atoms with E-state index in [4.69, 9.17) is 10.00 Å². The third-order valence-corrected chi connectivity index (χ3v) is 4.15. The molecule has 0 aliphatic carbocycles. The average Bonchev–Trinajstić information content (AvgIpc) is 2.38. The van der Waals surface area contributed by atoms with Crippen molar-refractivity contribution < 1.29 is 9.84 Å². The number of aliphatic hydroxyl groups is 1. The fourth-order valence-electron chi connectivity index (χ4n) is 3.33. The van der Waals surface area contributed by atoms with Gasteiger partial charge < -0.3 is 15.2 Å². The molecule has 19 heavy (non-hydrogen) atoms. The number of hydrogen-bond donors (Lipinski definition) is 2. The van der Waals surface area contributed by atoms with Gasteiger partial charge in [0.1, 0.15) is 0 Å². The van der Waals surface area contributed by atoms with Crippen LogP contribution in [-0.4, -0.2) is 30.4 Å². The number of nitriles is 1. The van der Waals surface area contributed by atoms with Crippen molar-refractivity contribution in [3.8, 4) is 6.07 Å². The first kappa shape index (κ1) is 12.6. The van der Waals surface area contributed by atoms with E-state index >= 15 is 0 Å². The minimum Gasteiger partial charge on any atom is -0.385 e. The number of morpholine rings is 1. The van der Waals surface area contributed by atoms with Crippen molar-refractivity contribution in [2.45, 2.75) is 37.5 Å². The van der Waals surface area contributed by atoms with Gasteiger partial charge in [-0.2, -0.15) is 5.26 Å². The predicted molar refractivity (Wildman–Crippen MR) is 70.6 cm³/mol. The highest BCUT2D eigenvalue weighted by Gasteiger charge is 2.43. The highest BCUT2D eigenvalue weighted by Crippen LogP contribution is 2.38. The molecule has 0 amide bonds. The molecule has 100 valence electrons. The topological polar surface area (TPSA) is 65.3 Å². The summed E-state index contributed by atoms with van der Waals surface area (Å²) in [6.07, 6.45) is 1.28. The standard InChI is InChI=1S/C15H18N2O2/c1-10-2-3-11(7-16)4-14(10)15(18)5-12-8-19-9-13(6-15)17-12/h2-4,12-13,17-18H,5-6,8-9H2,1H3. The summed E-state index contributed by atoms with van der Waals surface area (Å²) >= 11 is 0. The molecule has 2 unspecified atom stereocenters. The molecule has 0 radical (unpaired) electrons. The van der Waals surface area contributed by atoms with Gasteiger partial charge in [-0.1, -0.05) is 6.07 Å². The van der Waals surface area contributed by atoms with Crippen LogP contribution in [0.4, 0.5) is 0 Å². The van der Waals surface area contributed by atoms with E-state index in [2.05, 4.69) is 11.4 Å². The Balaban J connectivity index is 1.98. The van der Waals surface area contributed by atoms with Gasteiger partial charge in [-0.15, -0.1) is 0 Å². The lowest BCUT2D eigenvalue weighted by Crippen LogP contribution is -2.58. The third kappa shape index (κ3) is 2.25. The van der Waals surface area contributed by atoms with Crippen LogP contribution in [0.5, 0.6) is 0 Å². The minimum absolute atomic E-state index is 0.197. The van der Waals surface area contributed by atoms with Gasteiger partial charge in [0, 0.05) is 12.1 Å². The summed E-state index contributed by atoms with van der Waals surface area (Å²) in [5.41, 5.74) is 1.70. The molecule has 1 aromatic rings. The van der Waals surface area contributed by atoms with Crippen molar-refractivity contribution in [2.75, 3.05) is 13.2 Å². The molecule has 2 aliphatic rings. The first-order valence-electron chi connectivity index (χ1n) is 6.68. The largest absolute Gasteiger partial charge is 0.385 e. The molecule has 2 atom stereocenters. The number of hydrogen-bond acceptors (Lipinski definition) is 4. The second kappa shape index (κ2) is 4.61. The summed E-state index contributed by atoms with van der Waals surface area (Å²) in [5, 5.41) is 23.6. The third-order valence-electron chi connectivity index (χ3n) is 4.15. The van der Waals surface area contributed by atoms with Gasteiger partial charge in [-0.05, 0) is 43.0 Å². The van der Waals surface area contributed by atoms with Crippen LogP contribution in [0.25, 0.3) is 0 Å². The maximum atomic E-state index is 11.0. The quantitative estimate of drug-likeness (QED) is 0.794. The van der Waals surface area contributed by atoms with Crippen LogP contribution in [0.3, 0.4) is 0 Å². The van der Waals surface area contributed by atoms with Crippen LogP contribution < -0.4 is 5.32 Å². The Hall–Kier alpha value is -1.41. The van der Waals surface area contributed by atoms with Crippen LogP contribution >= 0.6 is 0 Å². The van der Waals surface area contributed by atoms with Crippen LogP contribution in [0.1, 0.15) is 29.5 Å². The molecule has 2 fully saturated rings. The lowest BCUT2D eigenvalue weighted by atomic mass is 9.76. The number of aryl methyl sites for hydroxylation is 1. The molecule has 2 aliphatic heterocycles. The normalized spacial score (nSPS) is 33.7. The van der Waals surface area contributed by atoms with E-state index in [9.17, 15) is 5.11 Å². The van der Waals surface area contributed by atoms with Crippen molar-refractivity contribution in [1.29, 1.82) is 5.26 Å². The summed E-state index contributed by atoms with van der Waals surface area (Å²) < 4.78 is 5.51. The Morgan fingerprint density at radius 3 is 2.68 bits per heavy atom. The fraction of sp³-hybridized carbons (Fsp3) is 0.533. The summed E-state index contributed by atoms with van der Waals surface area (Å²) in [7, 11) is 0. The monoisotopic (exact) mass is 258 g/mol. The molecule has 2 N–H and O–H groups in total. The van der Waals surface area contributed by atoms with E-state index in [1.807, 2.05) is 19.1 Å². The van der Waals surface area contributed by atoms with Crippen molar-refractivity contribution in [1.82, 2.24) is 5.32 Å². The first-order chi connectivity index (χ1) is 9.10. The maximum Gasteiger partial charge on any atom is 0.0991 e. The number of fused-ring (bicyclic) bond motifs is 2. The molecule has 0 aromatic heterocycles.